The molecule has 1 amide bonds. The fourth-order valence-electron chi connectivity index (χ4n) is 6.59. The van der Waals surface area contributed by atoms with E-state index >= 15 is 8.78 Å². The van der Waals surface area contributed by atoms with Crippen molar-refractivity contribution in [2.45, 2.75) is 84.0 Å². The average Bonchev–Trinajstić information content (AvgIpc) is 3.49. The molecule has 1 N–H and O–H groups in total. The topological polar surface area (TPSA) is 94.3 Å². The van der Waals surface area contributed by atoms with Crippen LogP contribution in [0.25, 0.3) is 0 Å². The minimum atomic E-state index is -3.94. The first kappa shape index (κ1) is 28.1. The normalized spacial score (nSPS) is 22.2. The van der Waals surface area contributed by atoms with Crippen LogP contribution in [0, 0.1) is 10.8 Å². The number of amides is 1. The number of nitrogens with zero attached hydrogens (tertiary/aromatic N) is 2. The molecule has 0 bridgehead atoms. The van der Waals surface area contributed by atoms with Crippen molar-refractivity contribution in [2.75, 3.05) is 20.8 Å². The van der Waals surface area contributed by atoms with E-state index in [0.29, 0.717) is 48.0 Å². The predicted octanol–water partition coefficient (Wildman–Crippen LogP) is 5.54. The van der Waals surface area contributed by atoms with Gasteiger partial charge in [-0.05, 0) is 55.1 Å². The second-order valence-electron chi connectivity index (χ2n) is 12.1. The lowest BCUT2D eigenvalue weighted by molar-refractivity contribution is -0.231. The monoisotopic (exact) mass is 536 g/mol. The molecule has 2 heterocycles. The predicted molar refractivity (Wildman–Crippen MR) is 135 cm³/mol. The van der Waals surface area contributed by atoms with Gasteiger partial charge in [0, 0.05) is 18.7 Å². The van der Waals surface area contributed by atoms with Crippen LogP contribution in [0.15, 0.2) is 28.8 Å². The lowest BCUT2D eigenvalue weighted by atomic mass is 9.58. The van der Waals surface area contributed by atoms with Crippen LogP contribution in [0.5, 0.6) is 17.2 Å². The molecule has 8 nitrogen and oxygen atoms in total. The van der Waals surface area contributed by atoms with Gasteiger partial charge in [0.25, 0.3) is 5.91 Å². The summed E-state index contributed by atoms with van der Waals surface area (Å²) in [5, 5.41) is 15.3. The number of halogens is 2. The Labute approximate surface area is 222 Å². The summed E-state index contributed by atoms with van der Waals surface area (Å²) in [4.78, 5) is 14.4. The van der Waals surface area contributed by atoms with Crippen molar-refractivity contribution in [2.24, 2.45) is 10.8 Å². The van der Waals surface area contributed by atoms with Gasteiger partial charge in [0.1, 0.15) is 23.7 Å². The zero-order chi connectivity index (χ0) is 27.9. The Morgan fingerprint density at radius 3 is 2.39 bits per heavy atom. The Balaban J connectivity index is 1.48. The molecule has 0 unspecified atom stereocenters. The van der Waals surface area contributed by atoms with Crippen LogP contribution in [-0.4, -0.2) is 53.4 Å². The summed E-state index contributed by atoms with van der Waals surface area (Å²) < 4.78 is 53.4. The summed E-state index contributed by atoms with van der Waals surface area (Å²) in [6, 6.07) is 6.05. The first-order chi connectivity index (χ1) is 17.7. The molecule has 1 saturated heterocycles. The van der Waals surface area contributed by atoms with Gasteiger partial charge in [0.15, 0.2) is 17.3 Å². The van der Waals surface area contributed by atoms with E-state index in [1.54, 1.807) is 31.4 Å². The molecule has 0 radical (unpaired) electrons. The summed E-state index contributed by atoms with van der Waals surface area (Å²) in [6.45, 7) is 7.66. The highest BCUT2D eigenvalue weighted by atomic mass is 19.3. The van der Waals surface area contributed by atoms with Gasteiger partial charge in [-0.2, -0.15) is 8.78 Å². The van der Waals surface area contributed by atoms with Crippen molar-refractivity contribution in [1.82, 2.24) is 10.1 Å². The quantitative estimate of drug-likeness (QED) is 0.474. The molecule has 4 rings (SSSR count). The summed E-state index contributed by atoms with van der Waals surface area (Å²) in [5.41, 5.74) is -3.03. The van der Waals surface area contributed by atoms with E-state index in [0.717, 1.165) is 4.90 Å². The van der Waals surface area contributed by atoms with Crippen LogP contribution in [-0.2, 0) is 11.4 Å². The number of likely N-dealkylation sites (tertiary alicyclic amines) is 1. The third-order valence-electron chi connectivity index (χ3n) is 7.51. The average molecular weight is 537 g/mol. The minimum Gasteiger partial charge on any atom is -0.493 e. The van der Waals surface area contributed by atoms with Crippen LogP contribution >= 0.6 is 0 Å². The molecule has 1 atom stereocenters. The molecule has 1 aliphatic heterocycles. The van der Waals surface area contributed by atoms with Crippen molar-refractivity contribution >= 4 is 5.91 Å². The molecule has 1 aromatic carbocycles. The summed E-state index contributed by atoms with van der Waals surface area (Å²) in [7, 11) is 3.07. The Bertz CT molecular complexity index is 1150. The maximum Gasteiger partial charge on any atom is 0.352 e. The van der Waals surface area contributed by atoms with Crippen molar-refractivity contribution in [1.29, 1.82) is 0 Å². The molecule has 0 spiro atoms. The number of hydrogen-bond acceptors (Lipinski definition) is 7. The molecule has 2 aliphatic rings. The van der Waals surface area contributed by atoms with Gasteiger partial charge in [-0.15, -0.1) is 0 Å². The zero-order valence-corrected chi connectivity index (χ0v) is 23.0. The number of ether oxygens (including phenoxy) is 3. The number of rotatable bonds is 8. The van der Waals surface area contributed by atoms with Crippen molar-refractivity contribution < 1.29 is 37.4 Å². The van der Waals surface area contributed by atoms with E-state index in [4.69, 9.17) is 18.7 Å². The van der Waals surface area contributed by atoms with Crippen molar-refractivity contribution in [3.8, 4) is 17.2 Å². The largest absolute Gasteiger partial charge is 0.493 e. The first-order valence-corrected chi connectivity index (χ1v) is 12.9. The fraction of sp³-hybridized carbons (Fsp3) is 0.643. The molecule has 10 heteroatoms. The second kappa shape index (κ2) is 10.0. The third kappa shape index (κ3) is 5.46. The standard InChI is InChI=1S/C28H38F2N2O6/c1-25(2)15-26(3,4)17-27(34,16-25)28(29,30)24(33)32-11-7-8-20(32)22-12-18(31-38-22)14-37-19-9-10-21(35-5)23(13-19)36-6/h9-10,12-13,20,34H,7-8,11,14-17H2,1-6H3/t20-/m0/s1. The highest BCUT2D eigenvalue weighted by Crippen LogP contribution is 2.55. The number of aliphatic hydroxyl groups is 1. The molecule has 2 fully saturated rings. The number of carbonyl (C=O) groups is 1. The molecular formula is C28H38F2N2O6. The number of alkyl halides is 2. The smallest absolute Gasteiger partial charge is 0.352 e. The van der Waals surface area contributed by atoms with Crippen LogP contribution in [0.1, 0.15) is 77.3 Å². The van der Waals surface area contributed by atoms with Crippen LogP contribution in [0.3, 0.4) is 0 Å². The summed E-state index contributed by atoms with van der Waals surface area (Å²) in [5.74, 6) is -3.39. The Morgan fingerprint density at radius 2 is 1.76 bits per heavy atom. The highest BCUT2D eigenvalue weighted by Gasteiger charge is 2.65. The van der Waals surface area contributed by atoms with Gasteiger partial charge in [0.2, 0.25) is 0 Å². The maximum atomic E-state index is 15.8. The SMILES string of the molecule is COc1ccc(OCc2cc([C@@H]3CCCN3C(=O)C(F)(F)C3(O)CC(C)(C)CC(C)(C)C3)on2)cc1OC. The molecule has 210 valence electrons. The van der Waals surface area contributed by atoms with E-state index in [2.05, 4.69) is 5.16 Å². The van der Waals surface area contributed by atoms with Crippen molar-refractivity contribution in [3.63, 3.8) is 0 Å². The lowest BCUT2D eigenvalue weighted by Crippen LogP contribution is -2.62. The van der Waals surface area contributed by atoms with Gasteiger partial charge in [-0.3, -0.25) is 4.79 Å². The Morgan fingerprint density at radius 1 is 1.11 bits per heavy atom. The van der Waals surface area contributed by atoms with E-state index < -0.39 is 34.3 Å². The van der Waals surface area contributed by atoms with E-state index in [1.807, 2.05) is 27.7 Å². The summed E-state index contributed by atoms with van der Waals surface area (Å²) >= 11 is 0. The second-order valence-corrected chi connectivity index (χ2v) is 12.1. The molecular weight excluding hydrogens is 498 g/mol. The van der Waals surface area contributed by atoms with Gasteiger partial charge >= 0.3 is 5.92 Å². The molecule has 1 aliphatic carbocycles. The first-order valence-electron chi connectivity index (χ1n) is 12.9. The summed E-state index contributed by atoms with van der Waals surface area (Å²) in [6.07, 6.45) is 1.38. The number of benzene rings is 1. The van der Waals surface area contributed by atoms with Crippen LogP contribution in [0.4, 0.5) is 8.78 Å². The number of hydrogen-bond donors (Lipinski definition) is 1. The van der Waals surface area contributed by atoms with Gasteiger partial charge in [0.05, 0.1) is 20.3 Å². The fourth-order valence-corrected chi connectivity index (χ4v) is 6.59. The lowest BCUT2D eigenvalue weighted by Gasteiger charge is -2.51. The van der Waals surface area contributed by atoms with Gasteiger partial charge in [-0.25, -0.2) is 0 Å². The van der Waals surface area contributed by atoms with Gasteiger partial charge in [-0.1, -0.05) is 32.9 Å². The van der Waals surface area contributed by atoms with Crippen molar-refractivity contribution in [3.05, 3.63) is 35.7 Å². The molecule has 38 heavy (non-hydrogen) atoms. The third-order valence-corrected chi connectivity index (χ3v) is 7.51. The van der Waals surface area contributed by atoms with E-state index in [9.17, 15) is 9.90 Å². The Kier molecular flexibility index (Phi) is 7.42. The van der Waals surface area contributed by atoms with Gasteiger partial charge < -0.3 is 28.7 Å². The minimum absolute atomic E-state index is 0.0692. The Hall–Kier alpha value is -2.88. The molecule has 1 saturated carbocycles. The molecule has 2 aromatic rings. The molecule has 1 aromatic heterocycles. The number of carbonyl (C=O) groups excluding carboxylic acids is 1. The van der Waals surface area contributed by atoms with E-state index in [-0.39, 0.29) is 26.0 Å². The van der Waals surface area contributed by atoms with Crippen LogP contribution < -0.4 is 14.2 Å². The van der Waals surface area contributed by atoms with Crippen LogP contribution in [0.2, 0.25) is 0 Å². The van der Waals surface area contributed by atoms with E-state index in [1.165, 1.54) is 7.11 Å². The maximum absolute atomic E-state index is 15.8. The zero-order valence-electron chi connectivity index (χ0n) is 23.0. The number of methoxy groups -OCH3 is 2. The number of aromatic nitrogens is 1. The highest BCUT2D eigenvalue weighted by molar-refractivity contribution is 5.85.